The second-order valence-electron chi connectivity index (χ2n) is 3.80. The number of anilines is 1. The normalized spacial score (nSPS) is 11.1. The number of nitrogens with one attached hydrogen (secondary N) is 1. The van der Waals surface area contributed by atoms with Crippen molar-refractivity contribution in [2.24, 2.45) is 5.10 Å². The SMILES string of the molecule is CC(=NNc1ccccc1[N+](=O)[O-])c1ccccn1. The summed E-state index contributed by atoms with van der Waals surface area (Å²) in [6.07, 6.45) is 1.67. The summed E-state index contributed by atoms with van der Waals surface area (Å²) < 4.78 is 0. The van der Waals surface area contributed by atoms with E-state index in [1.165, 1.54) is 6.07 Å². The molecule has 96 valence electrons. The molecule has 2 aromatic rings. The van der Waals surface area contributed by atoms with E-state index in [-0.39, 0.29) is 5.69 Å². The molecule has 0 bridgehead atoms. The molecule has 0 saturated heterocycles. The maximum atomic E-state index is 10.8. The molecule has 1 aromatic carbocycles. The lowest BCUT2D eigenvalue weighted by Crippen LogP contribution is -2.03. The quantitative estimate of drug-likeness (QED) is 0.518. The Kier molecular flexibility index (Phi) is 3.82. The van der Waals surface area contributed by atoms with Gasteiger partial charge in [-0.3, -0.25) is 20.5 Å². The van der Waals surface area contributed by atoms with Crippen molar-refractivity contribution in [1.29, 1.82) is 0 Å². The van der Waals surface area contributed by atoms with Crippen LogP contribution in [0, 0.1) is 10.1 Å². The molecule has 0 spiro atoms. The minimum atomic E-state index is -0.450. The van der Waals surface area contributed by atoms with Crippen LogP contribution in [-0.4, -0.2) is 15.6 Å². The van der Waals surface area contributed by atoms with E-state index in [1.54, 1.807) is 31.3 Å². The summed E-state index contributed by atoms with van der Waals surface area (Å²) >= 11 is 0. The Labute approximate surface area is 110 Å². The molecule has 0 radical (unpaired) electrons. The Morgan fingerprint density at radius 3 is 2.68 bits per heavy atom. The van der Waals surface area contributed by atoms with Gasteiger partial charge in [0.25, 0.3) is 5.69 Å². The average molecular weight is 256 g/mol. The summed E-state index contributed by atoms with van der Waals surface area (Å²) in [5.41, 5.74) is 4.40. The maximum Gasteiger partial charge on any atom is 0.294 e. The van der Waals surface area contributed by atoms with E-state index in [4.69, 9.17) is 0 Å². The van der Waals surface area contributed by atoms with E-state index in [0.717, 1.165) is 0 Å². The standard InChI is InChI=1S/C13H12N4O2/c1-10(11-6-4-5-9-14-11)15-16-12-7-2-3-8-13(12)17(18)19/h2-9,16H,1H3. The lowest BCUT2D eigenvalue weighted by molar-refractivity contribution is -0.384. The van der Waals surface area contributed by atoms with Crippen LogP contribution in [0.1, 0.15) is 12.6 Å². The number of hydrogen-bond acceptors (Lipinski definition) is 5. The minimum Gasteiger partial charge on any atom is -0.271 e. The molecular formula is C13H12N4O2. The third-order valence-electron chi connectivity index (χ3n) is 2.48. The molecular weight excluding hydrogens is 244 g/mol. The maximum absolute atomic E-state index is 10.8. The molecule has 1 aromatic heterocycles. The van der Waals surface area contributed by atoms with Crippen LogP contribution >= 0.6 is 0 Å². The van der Waals surface area contributed by atoms with Gasteiger partial charge in [0.05, 0.1) is 16.3 Å². The fraction of sp³-hybridized carbons (Fsp3) is 0.0769. The van der Waals surface area contributed by atoms with Gasteiger partial charge in [-0.25, -0.2) is 0 Å². The van der Waals surface area contributed by atoms with Crippen LogP contribution in [0.2, 0.25) is 0 Å². The first kappa shape index (κ1) is 12.7. The second kappa shape index (κ2) is 5.72. The average Bonchev–Trinajstić information content (AvgIpc) is 2.46. The fourth-order valence-electron chi connectivity index (χ4n) is 1.51. The highest BCUT2D eigenvalue weighted by molar-refractivity contribution is 5.97. The summed E-state index contributed by atoms with van der Waals surface area (Å²) in [6, 6.07) is 11.8. The van der Waals surface area contributed by atoms with Crippen molar-refractivity contribution >= 4 is 17.1 Å². The number of aromatic nitrogens is 1. The molecule has 1 heterocycles. The molecule has 0 fully saturated rings. The summed E-state index contributed by atoms with van der Waals surface area (Å²) in [5.74, 6) is 0. The first-order valence-electron chi connectivity index (χ1n) is 5.63. The van der Waals surface area contributed by atoms with Crippen LogP contribution < -0.4 is 5.43 Å². The van der Waals surface area contributed by atoms with E-state index in [1.807, 2.05) is 18.2 Å². The molecule has 19 heavy (non-hydrogen) atoms. The number of para-hydroxylation sites is 2. The predicted octanol–water partition coefficient (Wildman–Crippen LogP) is 2.83. The van der Waals surface area contributed by atoms with Gasteiger partial charge in [0.15, 0.2) is 0 Å². The van der Waals surface area contributed by atoms with Crippen LogP contribution in [0.4, 0.5) is 11.4 Å². The van der Waals surface area contributed by atoms with Crippen molar-refractivity contribution in [3.63, 3.8) is 0 Å². The van der Waals surface area contributed by atoms with Crippen LogP contribution in [0.3, 0.4) is 0 Å². The lowest BCUT2D eigenvalue weighted by atomic mass is 10.2. The van der Waals surface area contributed by atoms with Crippen LogP contribution in [-0.2, 0) is 0 Å². The van der Waals surface area contributed by atoms with Gasteiger partial charge in [-0.15, -0.1) is 0 Å². The number of pyridine rings is 1. The minimum absolute atomic E-state index is 0.0138. The monoisotopic (exact) mass is 256 g/mol. The lowest BCUT2D eigenvalue weighted by Gasteiger charge is -2.03. The van der Waals surface area contributed by atoms with Crippen molar-refractivity contribution in [1.82, 2.24) is 4.98 Å². The topological polar surface area (TPSA) is 80.4 Å². The number of benzene rings is 1. The zero-order chi connectivity index (χ0) is 13.7. The van der Waals surface area contributed by atoms with Crippen LogP contribution in [0.25, 0.3) is 0 Å². The van der Waals surface area contributed by atoms with E-state index >= 15 is 0 Å². The van der Waals surface area contributed by atoms with E-state index in [2.05, 4.69) is 15.5 Å². The molecule has 0 amide bonds. The molecule has 1 N–H and O–H groups in total. The number of hydrazone groups is 1. The van der Waals surface area contributed by atoms with Crippen molar-refractivity contribution in [3.05, 3.63) is 64.5 Å². The van der Waals surface area contributed by atoms with Crippen molar-refractivity contribution in [2.75, 3.05) is 5.43 Å². The number of rotatable bonds is 4. The summed E-state index contributed by atoms with van der Waals surface area (Å²) in [6.45, 7) is 1.78. The smallest absolute Gasteiger partial charge is 0.271 e. The van der Waals surface area contributed by atoms with Gasteiger partial charge in [-0.2, -0.15) is 5.10 Å². The first-order chi connectivity index (χ1) is 9.18. The third kappa shape index (κ3) is 3.12. The summed E-state index contributed by atoms with van der Waals surface area (Å²) in [4.78, 5) is 14.5. The molecule has 0 unspecified atom stereocenters. The van der Waals surface area contributed by atoms with E-state index in [9.17, 15) is 10.1 Å². The fourth-order valence-corrected chi connectivity index (χ4v) is 1.51. The molecule has 0 aliphatic heterocycles. The Morgan fingerprint density at radius 2 is 2.00 bits per heavy atom. The summed E-state index contributed by atoms with van der Waals surface area (Å²) in [5, 5.41) is 14.9. The molecule has 0 aliphatic carbocycles. The molecule has 0 saturated carbocycles. The number of nitrogens with zero attached hydrogens (tertiary/aromatic N) is 3. The molecule has 2 rings (SSSR count). The highest BCUT2D eigenvalue weighted by atomic mass is 16.6. The van der Waals surface area contributed by atoms with E-state index < -0.39 is 4.92 Å². The molecule has 6 nitrogen and oxygen atoms in total. The first-order valence-corrected chi connectivity index (χ1v) is 5.63. The van der Waals surface area contributed by atoms with Gasteiger partial charge >= 0.3 is 0 Å². The van der Waals surface area contributed by atoms with Gasteiger partial charge in [-0.1, -0.05) is 18.2 Å². The summed E-state index contributed by atoms with van der Waals surface area (Å²) in [7, 11) is 0. The zero-order valence-electron chi connectivity index (χ0n) is 10.3. The highest BCUT2D eigenvalue weighted by Gasteiger charge is 2.11. The van der Waals surface area contributed by atoms with Gasteiger partial charge in [0, 0.05) is 12.3 Å². The zero-order valence-corrected chi connectivity index (χ0v) is 10.3. The van der Waals surface area contributed by atoms with Gasteiger partial charge in [0.2, 0.25) is 0 Å². The van der Waals surface area contributed by atoms with Crippen molar-refractivity contribution in [2.45, 2.75) is 6.92 Å². The van der Waals surface area contributed by atoms with Gasteiger partial charge < -0.3 is 0 Å². The van der Waals surface area contributed by atoms with Gasteiger partial charge in [0.1, 0.15) is 5.69 Å². The Balaban J connectivity index is 2.21. The number of hydrogen-bond donors (Lipinski definition) is 1. The van der Waals surface area contributed by atoms with Crippen LogP contribution in [0.5, 0.6) is 0 Å². The Bertz CT molecular complexity index is 611. The Morgan fingerprint density at radius 1 is 1.26 bits per heavy atom. The van der Waals surface area contributed by atoms with Gasteiger partial charge in [-0.05, 0) is 25.1 Å². The van der Waals surface area contributed by atoms with Crippen molar-refractivity contribution in [3.8, 4) is 0 Å². The second-order valence-corrected chi connectivity index (χ2v) is 3.80. The molecule has 0 atom stereocenters. The largest absolute Gasteiger partial charge is 0.294 e. The Hall–Kier alpha value is -2.76. The number of nitro benzene ring substituents is 1. The molecule has 6 heteroatoms. The predicted molar refractivity (Wildman–Crippen MR) is 73.2 cm³/mol. The van der Waals surface area contributed by atoms with Crippen LogP contribution in [0.15, 0.2) is 53.8 Å². The highest BCUT2D eigenvalue weighted by Crippen LogP contribution is 2.23. The van der Waals surface area contributed by atoms with E-state index in [0.29, 0.717) is 17.1 Å². The third-order valence-corrected chi connectivity index (χ3v) is 2.48. The van der Waals surface area contributed by atoms with Crippen molar-refractivity contribution < 1.29 is 4.92 Å². The number of nitro groups is 1. The molecule has 0 aliphatic rings.